The maximum absolute atomic E-state index is 12.0. The second-order valence-electron chi connectivity index (χ2n) is 4.72. The van der Waals surface area contributed by atoms with Gasteiger partial charge in [-0.05, 0) is 12.1 Å². The first-order chi connectivity index (χ1) is 10.3. The molecule has 6 heteroatoms. The van der Waals surface area contributed by atoms with Crippen molar-refractivity contribution >= 4 is 11.9 Å². The highest BCUT2D eigenvalue weighted by atomic mass is 16.5. The lowest BCUT2D eigenvalue weighted by Crippen LogP contribution is -2.30. The van der Waals surface area contributed by atoms with Crippen molar-refractivity contribution in [3.8, 4) is 5.75 Å². The number of anilines is 1. The van der Waals surface area contributed by atoms with E-state index >= 15 is 0 Å². The molecule has 1 aliphatic rings. The van der Waals surface area contributed by atoms with E-state index in [4.69, 9.17) is 4.74 Å². The molecule has 2 N–H and O–H groups in total. The minimum absolute atomic E-state index is 0.0243. The van der Waals surface area contributed by atoms with Crippen molar-refractivity contribution < 1.29 is 9.53 Å². The van der Waals surface area contributed by atoms with Crippen LogP contribution in [0.3, 0.4) is 0 Å². The average Bonchev–Trinajstić information content (AvgIpc) is 2.92. The van der Waals surface area contributed by atoms with Crippen molar-refractivity contribution in [3.05, 3.63) is 48.3 Å². The van der Waals surface area contributed by atoms with Gasteiger partial charge >= 0.3 is 0 Å². The van der Waals surface area contributed by atoms with Crippen LogP contribution < -0.4 is 15.4 Å². The molecule has 2 aromatic rings. The van der Waals surface area contributed by atoms with E-state index in [1.807, 2.05) is 24.3 Å². The first-order valence-electron chi connectivity index (χ1n) is 6.85. The van der Waals surface area contributed by atoms with Crippen LogP contribution in [0.1, 0.15) is 18.0 Å². The minimum atomic E-state index is -0.0679. The normalized spacial score (nSPS) is 15.9. The van der Waals surface area contributed by atoms with E-state index in [0.717, 1.165) is 11.3 Å². The van der Waals surface area contributed by atoms with Gasteiger partial charge in [0, 0.05) is 30.9 Å². The highest BCUT2D eigenvalue weighted by molar-refractivity contribution is 5.77. The van der Waals surface area contributed by atoms with Gasteiger partial charge in [0.15, 0.2) is 0 Å². The number of para-hydroxylation sites is 1. The molecular formula is C15H16N4O2. The zero-order chi connectivity index (χ0) is 14.5. The standard InChI is InChI=1S/C15H16N4O2/c20-14(6-9-18-15-16-7-3-8-17-15)19-12-10-21-13-5-2-1-4-11(12)13/h1-5,7-8,12H,6,9-10H2,(H,19,20)(H,16,17,18). The van der Waals surface area contributed by atoms with Crippen molar-refractivity contribution in [2.75, 3.05) is 18.5 Å². The first kappa shape index (κ1) is 13.4. The molecule has 3 rings (SSSR count). The number of ether oxygens (including phenoxy) is 1. The molecule has 108 valence electrons. The quantitative estimate of drug-likeness (QED) is 0.870. The SMILES string of the molecule is O=C(CCNc1ncccn1)NC1COc2ccccc21. The Kier molecular flexibility index (Phi) is 3.95. The van der Waals surface area contributed by atoms with E-state index in [1.165, 1.54) is 0 Å². The van der Waals surface area contributed by atoms with Crippen LogP contribution in [0.15, 0.2) is 42.7 Å². The van der Waals surface area contributed by atoms with Gasteiger partial charge in [-0.2, -0.15) is 0 Å². The predicted octanol–water partition coefficient (Wildman–Crippen LogP) is 1.53. The summed E-state index contributed by atoms with van der Waals surface area (Å²) in [5.74, 6) is 1.35. The smallest absolute Gasteiger partial charge is 0.222 e. The van der Waals surface area contributed by atoms with Crippen LogP contribution in [0, 0.1) is 0 Å². The lowest BCUT2D eigenvalue weighted by Gasteiger charge is -2.12. The third-order valence-electron chi connectivity index (χ3n) is 3.24. The Labute approximate surface area is 122 Å². The summed E-state index contributed by atoms with van der Waals surface area (Å²) < 4.78 is 5.54. The number of hydrogen-bond acceptors (Lipinski definition) is 5. The Morgan fingerprint density at radius 3 is 2.90 bits per heavy atom. The third-order valence-corrected chi connectivity index (χ3v) is 3.24. The molecule has 0 saturated heterocycles. The number of carbonyl (C=O) groups is 1. The fourth-order valence-electron chi connectivity index (χ4n) is 2.23. The van der Waals surface area contributed by atoms with Gasteiger partial charge in [0.25, 0.3) is 0 Å². The molecule has 21 heavy (non-hydrogen) atoms. The molecule has 0 radical (unpaired) electrons. The van der Waals surface area contributed by atoms with Gasteiger partial charge in [0.1, 0.15) is 12.4 Å². The molecule has 0 spiro atoms. The Balaban J connectivity index is 1.47. The molecule has 1 amide bonds. The minimum Gasteiger partial charge on any atom is -0.491 e. The van der Waals surface area contributed by atoms with Gasteiger partial charge in [0.05, 0.1) is 6.04 Å². The van der Waals surface area contributed by atoms with E-state index in [0.29, 0.717) is 25.5 Å². The summed E-state index contributed by atoms with van der Waals surface area (Å²) in [6.07, 6.45) is 3.67. The van der Waals surface area contributed by atoms with Gasteiger partial charge in [-0.15, -0.1) is 0 Å². The molecule has 0 aliphatic carbocycles. The molecule has 1 unspecified atom stereocenters. The highest BCUT2D eigenvalue weighted by Gasteiger charge is 2.24. The van der Waals surface area contributed by atoms with Crippen molar-refractivity contribution in [2.24, 2.45) is 0 Å². The number of nitrogens with one attached hydrogen (secondary N) is 2. The van der Waals surface area contributed by atoms with E-state index in [2.05, 4.69) is 20.6 Å². The van der Waals surface area contributed by atoms with Crippen LogP contribution in [0.25, 0.3) is 0 Å². The van der Waals surface area contributed by atoms with Crippen molar-refractivity contribution in [1.29, 1.82) is 0 Å². The lowest BCUT2D eigenvalue weighted by molar-refractivity contribution is -0.121. The van der Waals surface area contributed by atoms with E-state index in [9.17, 15) is 4.79 Å². The number of nitrogens with zero attached hydrogens (tertiary/aromatic N) is 2. The molecule has 0 fully saturated rings. The van der Waals surface area contributed by atoms with Crippen LogP contribution in [-0.4, -0.2) is 29.0 Å². The fourth-order valence-corrected chi connectivity index (χ4v) is 2.23. The topological polar surface area (TPSA) is 76.1 Å². The number of rotatable bonds is 5. The molecule has 1 aromatic heterocycles. The number of carbonyl (C=O) groups excluding carboxylic acids is 1. The molecule has 6 nitrogen and oxygen atoms in total. The Morgan fingerprint density at radius 2 is 2.05 bits per heavy atom. The van der Waals surface area contributed by atoms with Crippen LogP contribution >= 0.6 is 0 Å². The van der Waals surface area contributed by atoms with E-state index < -0.39 is 0 Å². The molecule has 1 aromatic carbocycles. The van der Waals surface area contributed by atoms with Crippen molar-refractivity contribution in [2.45, 2.75) is 12.5 Å². The van der Waals surface area contributed by atoms with Gasteiger partial charge in [-0.1, -0.05) is 18.2 Å². The molecule has 1 atom stereocenters. The summed E-state index contributed by atoms with van der Waals surface area (Å²) in [5, 5.41) is 5.98. The second kappa shape index (κ2) is 6.21. The highest BCUT2D eigenvalue weighted by Crippen LogP contribution is 2.31. The summed E-state index contributed by atoms with van der Waals surface area (Å²) >= 11 is 0. The number of hydrogen-bond donors (Lipinski definition) is 2. The molecule has 0 saturated carbocycles. The van der Waals surface area contributed by atoms with Crippen LogP contribution in [-0.2, 0) is 4.79 Å². The van der Waals surface area contributed by atoms with Crippen molar-refractivity contribution in [3.63, 3.8) is 0 Å². The first-order valence-corrected chi connectivity index (χ1v) is 6.85. The molecular weight excluding hydrogens is 268 g/mol. The largest absolute Gasteiger partial charge is 0.491 e. The van der Waals surface area contributed by atoms with Crippen LogP contribution in [0.5, 0.6) is 5.75 Å². The maximum Gasteiger partial charge on any atom is 0.222 e. The van der Waals surface area contributed by atoms with E-state index in [1.54, 1.807) is 18.5 Å². The summed E-state index contributed by atoms with van der Waals surface area (Å²) in [6, 6.07) is 9.43. The number of aromatic nitrogens is 2. The summed E-state index contributed by atoms with van der Waals surface area (Å²) in [5.41, 5.74) is 1.03. The third kappa shape index (κ3) is 3.28. The molecule has 1 aliphatic heterocycles. The van der Waals surface area contributed by atoms with Crippen LogP contribution in [0.2, 0.25) is 0 Å². The molecule has 2 heterocycles. The van der Waals surface area contributed by atoms with Gasteiger partial charge in [-0.3, -0.25) is 4.79 Å². The fraction of sp³-hybridized carbons (Fsp3) is 0.267. The second-order valence-corrected chi connectivity index (χ2v) is 4.72. The monoisotopic (exact) mass is 284 g/mol. The number of benzene rings is 1. The number of fused-ring (bicyclic) bond motifs is 1. The van der Waals surface area contributed by atoms with Gasteiger partial charge < -0.3 is 15.4 Å². The zero-order valence-electron chi connectivity index (χ0n) is 11.5. The maximum atomic E-state index is 12.0. The molecule has 0 bridgehead atoms. The summed E-state index contributed by atoms with van der Waals surface area (Å²) in [6.45, 7) is 0.978. The van der Waals surface area contributed by atoms with Crippen molar-refractivity contribution in [1.82, 2.24) is 15.3 Å². The van der Waals surface area contributed by atoms with E-state index in [-0.39, 0.29) is 11.9 Å². The van der Waals surface area contributed by atoms with Crippen LogP contribution in [0.4, 0.5) is 5.95 Å². The van der Waals surface area contributed by atoms with Gasteiger partial charge in [0.2, 0.25) is 11.9 Å². The Bertz CT molecular complexity index is 618. The zero-order valence-corrected chi connectivity index (χ0v) is 11.5. The lowest BCUT2D eigenvalue weighted by atomic mass is 10.1. The average molecular weight is 284 g/mol. The van der Waals surface area contributed by atoms with Gasteiger partial charge in [-0.25, -0.2) is 9.97 Å². The summed E-state index contributed by atoms with van der Waals surface area (Å²) in [7, 11) is 0. The Morgan fingerprint density at radius 1 is 1.24 bits per heavy atom. The predicted molar refractivity (Wildman–Crippen MR) is 78.0 cm³/mol. The Hall–Kier alpha value is -2.63. The summed E-state index contributed by atoms with van der Waals surface area (Å²) in [4.78, 5) is 20.0. The number of amides is 1.